The van der Waals surface area contributed by atoms with Crippen molar-refractivity contribution in [3.8, 4) is 0 Å². The number of carbonyl (C=O) groups is 1. The number of hydrogen-bond acceptors (Lipinski definition) is 4. The van der Waals surface area contributed by atoms with Crippen LogP contribution < -0.4 is 4.72 Å². The van der Waals surface area contributed by atoms with E-state index in [4.69, 9.17) is 5.11 Å². The number of carboxylic acids is 1. The van der Waals surface area contributed by atoms with Gasteiger partial charge in [0.25, 0.3) is 0 Å². The highest BCUT2D eigenvalue weighted by atomic mass is 32.2. The molecule has 0 spiro atoms. The third-order valence-corrected chi connectivity index (χ3v) is 5.49. The van der Waals surface area contributed by atoms with Gasteiger partial charge in [-0.1, -0.05) is 13.8 Å². The Bertz CT molecular complexity index is 529. The molecule has 102 valence electrons. The van der Waals surface area contributed by atoms with Crippen LogP contribution in [-0.4, -0.2) is 25.5 Å². The summed E-state index contributed by atoms with van der Waals surface area (Å²) in [5.41, 5.74) is 0. The first-order valence-electron chi connectivity index (χ1n) is 5.67. The summed E-state index contributed by atoms with van der Waals surface area (Å²) >= 11 is 0.973. The number of rotatable bonds is 6. The molecule has 0 bridgehead atoms. The molecule has 7 heteroatoms. The normalized spacial score (nSPS) is 12.0. The van der Waals surface area contributed by atoms with Gasteiger partial charge in [0.15, 0.2) is 0 Å². The van der Waals surface area contributed by atoms with E-state index in [1.807, 2.05) is 13.8 Å². The number of nitrogens with one attached hydrogen (secondary N) is 1. The Balaban J connectivity index is 3.09. The lowest BCUT2D eigenvalue weighted by Crippen LogP contribution is -2.33. The first-order valence-corrected chi connectivity index (χ1v) is 7.97. The minimum Gasteiger partial charge on any atom is -0.477 e. The zero-order chi connectivity index (χ0) is 13.9. The van der Waals surface area contributed by atoms with Gasteiger partial charge in [-0.2, -0.15) is 0 Å². The molecule has 1 rings (SSSR count). The molecule has 0 atom stereocenters. The number of thiophene rings is 1. The van der Waals surface area contributed by atoms with Crippen molar-refractivity contribution in [3.05, 3.63) is 15.8 Å². The van der Waals surface area contributed by atoms with E-state index in [0.29, 0.717) is 17.7 Å². The molecule has 0 fully saturated rings. The Morgan fingerprint density at radius 3 is 2.39 bits per heavy atom. The fraction of sp³-hybridized carbons (Fsp3) is 0.545. The lowest BCUT2D eigenvalue weighted by Gasteiger charge is -2.14. The van der Waals surface area contributed by atoms with Gasteiger partial charge in [0.05, 0.1) is 4.90 Å². The van der Waals surface area contributed by atoms with Crippen LogP contribution in [0.25, 0.3) is 0 Å². The molecule has 0 saturated heterocycles. The summed E-state index contributed by atoms with van der Waals surface area (Å²) in [6.45, 7) is 5.41. The summed E-state index contributed by atoms with van der Waals surface area (Å²) in [4.78, 5) is 11.4. The lowest BCUT2D eigenvalue weighted by atomic mass is 10.2. The Hall–Kier alpha value is -0.920. The Labute approximate surface area is 111 Å². The van der Waals surface area contributed by atoms with Crippen LogP contribution in [-0.2, 0) is 10.0 Å². The SMILES string of the molecule is CCC(CC)NS(=O)(=O)c1cc(C(=O)O)sc1C. The smallest absolute Gasteiger partial charge is 0.345 e. The number of carboxylic acid groups (broad SMARTS) is 1. The highest BCUT2D eigenvalue weighted by Gasteiger charge is 2.23. The Kier molecular flexibility index (Phi) is 4.89. The fourth-order valence-corrected chi connectivity index (χ4v) is 4.41. The predicted octanol–water partition coefficient (Wildman–Crippen LogP) is 2.22. The molecule has 0 unspecified atom stereocenters. The summed E-state index contributed by atoms with van der Waals surface area (Å²) < 4.78 is 26.8. The average molecular weight is 291 g/mol. The molecule has 1 aromatic heterocycles. The van der Waals surface area contributed by atoms with Gasteiger partial charge >= 0.3 is 5.97 Å². The maximum Gasteiger partial charge on any atom is 0.345 e. The maximum absolute atomic E-state index is 12.1. The number of aromatic carboxylic acids is 1. The number of hydrogen-bond donors (Lipinski definition) is 2. The van der Waals surface area contributed by atoms with Crippen molar-refractivity contribution in [2.24, 2.45) is 0 Å². The van der Waals surface area contributed by atoms with E-state index >= 15 is 0 Å². The monoisotopic (exact) mass is 291 g/mol. The van der Waals surface area contributed by atoms with Crippen molar-refractivity contribution in [1.29, 1.82) is 0 Å². The van der Waals surface area contributed by atoms with E-state index in [1.165, 1.54) is 6.07 Å². The average Bonchev–Trinajstić information content (AvgIpc) is 2.69. The minimum absolute atomic E-state index is 0.0393. The quantitative estimate of drug-likeness (QED) is 0.841. The van der Waals surface area contributed by atoms with E-state index in [9.17, 15) is 13.2 Å². The molecule has 2 N–H and O–H groups in total. The van der Waals surface area contributed by atoms with Crippen molar-refractivity contribution in [2.45, 2.75) is 44.6 Å². The van der Waals surface area contributed by atoms with Crippen molar-refractivity contribution in [2.75, 3.05) is 0 Å². The first kappa shape index (κ1) is 15.1. The summed E-state index contributed by atoms with van der Waals surface area (Å²) in [5.74, 6) is -1.10. The topological polar surface area (TPSA) is 83.5 Å². The zero-order valence-electron chi connectivity index (χ0n) is 10.6. The molecular weight excluding hydrogens is 274 g/mol. The van der Waals surface area contributed by atoms with Crippen LogP contribution >= 0.6 is 11.3 Å². The van der Waals surface area contributed by atoms with Crippen molar-refractivity contribution in [1.82, 2.24) is 4.72 Å². The molecule has 18 heavy (non-hydrogen) atoms. The van der Waals surface area contributed by atoms with Crippen LogP contribution in [0, 0.1) is 6.92 Å². The molecule has 5 nitrogen and oxygen atoms in total. The van der Waals surface area contributed by atoms with Crippen molar-refractivity contribution < 1.29 is 18.3 Å². The van der Waals surface area contributed by atoms with E-state index in [1.54, 1.807) is 6.92 Å². The van der Waals surface area contributed by atoms with Gasteiger partial charge < -0.3 is 5.11 Å². The van der Waals surface area contributed by atoms with E-state index in [0.717, 1.165) is 11.3 Å². The highest BCUT2D eigenvalue weighted by molar-refractivity contribution is 7.89. The molecule has 0 aliphatic rings. The molecule has 0 amide bonds. The zero-order valence-corrected chi connectivity index (χ0v) is 12.2. The van der Waals surface area contributed by atoms with Crippen LogP contribution in [0.2, 0.25) is 0 Å². The fourth-order valence-electron chi connectivity index (χ4n) is 1.58. The summed E-state index contributed by atoms with van der Waals surface area (Å²) in [7, 11) is -3.63. The molecule has 1 aromatic rings. The highest BCUT2D eigenvalue weighted by Crippen LogP contribution is 2.26. The molecule has 0 aromatic carbocycles. The van der Waals surface area contributed by atoms with Crippen LogP contribution in [0.3, 0.4) is 0 Å². The van der Waals surface area contributed by atoms with Crippen LogP contribution in [0.4, 0.5) is 0 Å². The third-order valence-electron chi connectivity index (χ3n) is 2.68. The van der Waals surface area contributed by atoms with Gasteiger partial charge in [-0.25, -0.2) is 17.9 Å². The van der Waals surface area contributed by atoms with Gasteiger partial charge in [0, 0.05) is 10.9 Å². The predicted molar refractivity (Wildman–Crippen MR) is 70.7 cm³/mol. The summed E-state index contributed by atoms with van der Waals surface area (Å²) in [5, 5.41) is 8.86. The molecule has 0 radical (unpaired) electrons. The van der Waals surface area contributed by atoms with Gasteiger partial charge in [0.1, 0.15) is 4.88 Å². The van der Waals surface area contributed by atoms with Crippen molar-refractivity contribution >= 4 is 27.3 Å². The van der Waals surface area contributed by atoms with Gasteiger partial charge in [-0.15, -0.1) is 11.3 Å². The van der Waals surface area contributed by atoms with E-state index in [-0.39, 0.29) is 15.8 Å². The first-order chi connectivity index (χ1) is 8.31. The van der Waals surface area contributed by atoms with Crippen LogP contribution in [0.15, 0.2) is 11.0 Å². The number of aryl methyl sites for hydroxylation is 1. The van der Waals surface area contributed by atoms with Gasteiger partial charge in [0.2, 0.25) is 10.0 Å². The minimum atomic E-state index is -3.63. The molecule has 0 aliphatic carbocycles. The molecule has 0 aliphatic heterocycles. The van der Waals surface area contributed by atoms with Gasteiger partial charge in [-0.05, 0) is 25.8 Å². The largest absolute Gasteiger partial charge is 0.477 e. The summed E-state index contributed by atoms with van der Waals surface area (Å²) in [6.07, 6.45) is 1.40. The Morgan fingerprint density at radius 2 is 2.00 bits per heavy atom. The summed E-state index contributed by atoms with van der Waals surface area (Å²) in [6, 6.07) is 1.09. The van der Waals surface area contributed by atoms with E-state index in [2.05, 4.69) is 4.72 Å². The van der Waals surface area contributed by atoms with E-state index < -0.39 is 16.0 Å². The van der Waals surface area contributed by atoms with Gasteiger partial charge in [-0.3, -0.25) is 0 Å². The second kappa shape index (κ2) is 5.81. The van der Waals surface area contributed by atoms with Crippen LogP contribution in [0.5, 0.6) is 0 Å². The number of sulfonamides is 1. The molecular formula is C11H17NO4S2. The Morgan fingerprint density at radius 1 is 1.44 bits per heavy atom. The second-order valence-electron chi connectivity index (χ2n) is 3.97. The lowest BCUT2D eigenvalue weighted by molar-refractivity contribution is 0.0702. The second-order valence-corrected chi connectivity index (χ2v) is 6.91. The third kappa shape index (κ3) is 3.30. The standard InChI is InChI=1S/C11H17NO4S2/c1-4-8(5-2)12-18(15,16)10-6-9(11(13)14)17-7(10)3/h6,8,12H,4-5H2,1-3H3,(H,13,14). The molecule has 0 saturated carbocycles. The molecule has 1 heterocycles. The van der Waals surface area contributed by atoms with Crippen molar-refractivity contribution in [3.63, 3.8) is 0 Å². The maximum atomic E-state index is 12.1. The van der Waals surface area contributed by atoms with Crippen LogP contribution in [0.1, 0.15) is 41.2 Å².